The lowest BCUT2D eigenvalue weighted by Gasteiger charge is -2.06. The lowest BCUT2D eigenvalue weighted by molar-refractivity contribution is 0.306. The molecule has 0 bridgehead atoms. The van der Waals surface area contributed by atoms with Crippen LogP contribution in [0.5, 0.6) is 0 Å². The van der Waals surface area contributed by atoms with E-state index in [-0.39, 0.29) is 11.5 Å². The van der Waals surface area contributed by atoms with Gasteiger partial charge in [-0.25, -0.2) is 0 Å². The predicted molar refractivity (Wildman–Crippen MR) is 133 cm³/mol. The first-order chi connectivity index (χ1) is 15.1. The summed E-state index contributed by atoms with van der Waals surface area (Å²) in [7, 11) is -3.60. The van der Waals surface area contributed by atoms with Gasteiger partial charge in [0, 0.05) is 0 Å². The second-order valence-electron chi connectivity index (χ2n) is 9.10. The molecule has 4 heteroatoms. The SMILES string of the molecule is CCCCCCCCCCCCCCCCCCCCOS(=O)(=O)c1ccc(C)cc1. The minimum Gasteiger partial charge on any atom is -0.266 e. The maximum absolute atomic E-state index is 12.1. The molecule has 1 rings (SSSR count). The minimum atomic E-state index is -3.60. The molecule has 0 unspecified atom stereocenters. The molecule has 0 fully saturated rings. The maximum Gasteiger partial charge on any atom is 0.296 e. The fourth-order valence-corrected chi connectivity index (χ4v) is 4.89. The van der Waals surface area contributed by atoms with E-state index in [9.17, 15) is 8.42 Å². The van der Waals surface area contributed by atoms with E-state index in [1.54, 1.807) is 24.3 Å². The molecule has 0 spiro atoms. The summed E-state index contributed by atoms with van der Waals surface area (Å²) in [6, 6.07) is 6.82. The maximum atomic E-state index is 12.1. The average Bonchev–Trinajstić information content (AvgIpc) is 2.75. The van der Waals surface area contributed by atoms with E-state index in [0.717, 1.165) is 18.4 Å². The second-order valence-corrected chi connectivity index (χ2v) is 10.7. The van der Waals surface area contributed by atoms with Gasteiger partial charge in [-0.2, -0.15) is 8.42 Å². The van der Waals surface area contributed by atoms with E-state index in [0.29, 0.717) is 0 Å². The molecule has 0 aliphatic heterocycles. The first-order valence-corrected chi connectivity index (χ1v) is 14.4. The van der Waals surface area contributed by atoms with Gasteiger partial charge in [0.1, 0.15) is 0 Å². The Bertz CT molecular complexity index is 622. The Morgan fingerprint density at radius 3 is 1.32 bits per heavy atom. The van der Waals surface area contributed by atoms with Gasteiger partial charge >= 0.3 is 0 Å². The topological polar surface area (TPSA) is 43.4 Å². The molecule has 31 heavy (non-hydrogen) atoms. The van der Waals surface area contributed by atoms with Crippen molar-refractivity contribution in [3.63, 3.8) is 0 Å². The fourth-order valence-electron chi connectivity index (χ4n) is 3.95. The van der Waals surface area contributed by atoms with Crippen molar-refractivity contribution in [2.45, 2.75) is 134 Å². The molecule has 0 heterocycles. The van der Waals surface area contributed by atoms with Gasteiger partial charge in [-0.3, -0.25) is 4.18 Å². The van der Waals surface area contributed by atoms with Crippen molar-refractivity contribution < 1.29 is 12.6 Å². The quantitative estimate of drug-likeness (QED) is 0.138. The lowest BCUT2D eigenvalue weighted by Crippen LogP contribution is -2.07. The van der Waals surface area contributed by atoms with Gasteiger partial charge in [0.15, 0.2) is 0 Å². The van der Waals surface area contributed by atoms with E-state index in [2.05, 4.69) is 6.92 Å². The molecule has 0 saturated heterocycles. The molecule has 180 valence electrons. The molecular formula is C27H48O3S. The van der Waals surface area contributed by atoms with Gasteiger partial charge < -0.3 is 0 Å². The van der Waals surface area contributed by atoms with Crippen LogP contribution in [0.25, 0.3) is 0 Å². The summed E-state index contributed by atoms with van der Waals surface area (Å²) in [5.41, 5.74) is 1.04. The summed E-state index contributed by atoms with van der Waals surface area (Å²) in [4.78, 5) is 0.250. The van der Waals surface area contributed by atoms with Crippen molar-refractivity contribution in [1.82, 2.24) is 0 Å². The lowest BCUT2D eigenvalue weighted by atomic mass is 10.0. The van der Waals surface area contributed by atoms with Gasteiger partial charge in [-0.05, 0) is 25.5 Å². The molecule has 0 amide bonds. The van der Waals surface area contributed by atoms with Crippen LogP contribution >= 0.6 is 0 Å². The van der Waals surface area contributed by atoms with Crippen molar-refractivity contribution in [2.75, 3.05) is 6.61 Å². The summed E-state index contributed by atoms with van der Waals surface area (Å²) >= 11 is 0. The number of aryl methyl sites for hydroxylation is 1. The number of hydrogen-bond acceptors (Lipinski definition) is 3. The third-order valence-corrected chi connectivity index (χ3v) is 7.37. The van der Waals surface area contributed by atoms with Crippen LogP contribution in [0, 0.1) is 6.92 Å². The molecule has 0 saturated carbocycles. The first-order valence-electron chi connectivity index (χ1n) is 13.0. The van der Waals surface area contributed by atoms with Gasteiger partial charge in [-0.1, -0.05) is 134 Å². The molecule has 0 aromatic heterocycles. The Morgan fingerprint density at radius 2 is 0.935 bits per heavy atom. The van der Waals surface area contributed by atoms with E-state index in [4.69, 9.17) is 4.18 Å². The predicted octanol–water partition coefficient (Wildman–Crippen LogP) is 8.74. The highest BCUT2D eigenvalue weighted by Crippen LogP contribution is 2.16. The second kappa shape index (κ2) is 18.7. The normalized spacial score (nSPS) is 11.8. The van der Waals surface area contributed by atoms with Gasteiger partial charge in [0.05, 0.1) is 11.5 Å². The van der Waals surface area contributed by atoms with Gasteiger partial charge in [0.2, 0.25) is 0 Å². The van der Waals surface area contributed by atoms with Crippen molar-refractivity contribution >= 4 is 10.1 Å². The molecule has 3 nitrogen and oxygen atoms in total. The monoisotopic (exact) mass is 452 g/mol. The summed E-state index contributed by atoms with van der Waals surface area (Å²) in [5.74, 6) is 0. The fraction of sp³-hybridized carbons (Fsp3) is 0.778. The Morgan fingerprint density at radius 1 is 0.581 bits per heavy atom. The van der Waals surface area contributed by atoms with Crippen LogP contribution in [-0.2, 0) is 14.3 Å². The molecular weight excluding hydrogens is 404 g/mol. The average molecular weight is 453 g/mol. The van der Waals surface area contributed by atoms with Crippen LogP contribution in [0.4, 0.5) is 0 Å². The standard InChI is InChI=1S/C27H48O3S/c1-3-4-5-6-7-8-9-10-11-12-13-14-15-16-17-18-19-20-25-30-31(28,29)27-23-21-26(2)22-24-27/h21-24H,3-20,25H2,1-2H3. The molecule has 0 atom stereocenters. The van der Waals surface area contributed by atoms with E-state index < -0.39 is 10.1 Å². The highest BCUT2D eigenvalue weighted by Gasteiger charge is 2.14. The highest BCUT2D eigenvalue weighted by molar-refractivity contribution is 7.86. The zero-order valence-corrected chi connectivity index (χ0v) is 21.2. The highest BCUT2D eigenvalue weighted by atomic mass is 32.2. The van der Waals surface area contributed by atoms with Crippen molar-refractivity contribution in [1.29, 1.82) is 0 Å². The zero-order valence-electron chi connectivity index (χ0n) is 20.4. The largest absolute Gasteiger partial charge is 0.296 e. The number of rotatable bonds is 21. The molecule has 0 N–H and O–H groups in total. The van der Waals surface area contributed by atoms with Crippen LogP contribution in [0.15, 0.2) is 29.2 Å². The van der Waals surface area contributed by atoms with Crippen LogP contribution in [-0.4, -0.2) is 15.0 Å². The summed E-state index contributed by atoms with van der Waals surface area (Å²) in [6.45, 7) is 4.51. The Hall–Kier alpha value is -0.870. The molecule has 1 aromatic rings. The Kier molecular flexibility index (Phi) is 17.0. The smallest absolute Gasteiger partial charge is 0.266 e. The summed E-state index contributed by atoms with van der Waals surface area (Å²) < 4.78 is 29.4. The minimum absolute atomic E-state index is 0.250. The number of benzene rings is 1. The first kappa shape index (κ1) is 28.2. The van der Waals surface area contributed by atoms with Crippen molar-refractivity contribution in [3.05, 3.63) is 29.8 Å². The molecule has 1 aromatic carbocycles. The van der Waals surface area contributed by atoms with E-state index in [1.807, 2.05) is 6.92 Å². The van der Waals surface area contributed by atoms with Crippen LogP contribution in [0.1, 0.15) is 128 Å². The van der Waals surface area contributed by atoms with Crippen LogP contribution in [0.3, 0.4) is 0 Å². The molecule has 0 aliphatic rings. The van der Waals surface area contributed by atoms with Crippen molar-refractivity contribution in [3.8, 4) is 0 Å². The van der Waals surface area contributed by atoms with Crippen LogP contribution < -0.4 is 0 Å². The summed E-state index contributed by atoms with van der Waals surface area (Å²) in [6.07, 6.45) is 23.9. The molecule has 0 radical (unpaired) electrons. The van der Waals surface area contributed by atoms with Gasteiger partial charge in [-0.15, -0.1) is 0 Å². The number of unbranched alkanes of at least 4 members (excludes halogenated alkanes) is 17. The van der Waals surface area contributed by atoms with Crippen LogP contribution in [0.2, 0.25) is 0 Å². The zero-order chi connectivity index (χ0) is 22.6. The third-order valence-electron chi connectivity index (χ3n) is 6.05. The van der Waals surface area contributed by atoms with Gasteiger partial charge in [0.25, 0.3) is 10.1 Å². The number of hydrogen-bond donors (Lipinski definition) is 0. The van der Waals surface area contributed by atoms with E-state index >= 15 is 0 Å². The molecule has 0 aliphatic carbocycles. The Labute approximate surface area is 193 Å². The van der Waals surface area contributed by atoms with Crippen molar-refractivity contribution in [2.24, 2.45) is 0 Å². The third kappa shape index (κ3) is 15.6. The van der Waals surface area contributed by atoms with E-state index in [1.165, 1.54) is 103 Å². The summed E-state index contributed by atoms with van der Waals surface area (Å²) in [5, 5.41) is 0. The Balaban J connectivity index is 1.82.